The van der Waals surface area contributed by atoms with Crippen molar-refractivity contribution >= 4 is 44.6 Å². The van der Waals surface area contributed by atoms with Crippen LogP contribution in [0.1, 0.15) is 37.7 Å². The summed E-state index contributed by atoms with van der Waals surface area (Å²) in [4.78, 5) is 36.0. The fraction of sp³-hybridized carbons (Fsp3) is 0.394. The summed E-state index contributed by atoms with van der Waals surface area (Å²) in [6.45, 7) is 3.63. The van der Waals surface area contributed by atoms with Gasteiger partial charge in [0.25, 0.3) is 5.91 Å². The molecule has 224 valence electrons. The van der Waals surface area contributed by atoms with Gasteiger partial charge in [0.2, 0.25) is 15.9 Å². The van der Waals surface area contributed by atoms with Crippen molar-refractivity contribution in [3.8, 4) is 0 Å². The second-order valence-electron chi connectivity index (χ2n) is 12.3. The number of carbonyl (C=O) groups is 2. The molecule has 3 aromatic rings. The van der Waals surface area contributed by atoms with Crippen LogP contribution >= 0.6 is 0 Å². The van der Waals surface area contributed by atoms with Crippen LogP contribution in [0.25, 0.3) is 0 Å². The molecule has 0 unspecified atom stereocenters. The summed E-state index contributed by atoms with van der Waals surface area (Å²) in [7, 11) is -3.38. The average molecular weight is 600 g/mol. The lowest BCUT2D eigenvalue weighted by molar-refractivity contribution is -0.123. The first-order valence-corrected chi connectivity index (χ1v) is 17.0. The highest BCUT2D eigenvalue weighted by atomic mass is 32.2. The number of nitrogens with one attached hydrogen (secondary N) is 1. The van der Waals surface area contributed by atoms with Gasteiger partial charge in [0.15, 0.2) is 0 Å². The number of hydrogen-bond acceptors (Lipinski definition) is 6. The van der Waals surface area contributed by atoms with E-state index in [-0.39, 0.29) is 17.2 Å². The number of para-hydroxylation sites is 2. The molecule has 0 atom stereocenters. The van der Waals surface area contributed by atoms with Crippen LogP contribution in [0, 0.1) is 0 Å². The monoisotopic (exact) mass is 599 g/mol. The fourth-order valence-electron chi connectivity index (χ4n) is 7.28. The van der Waals surface area contributed by atoms with Crippen LogP contribution < -0.4 is 19.4 Å². The summed E-state index contributed by atoms with van der Waals surface area (Å²) in [5.41, 5.74) is 3.60. The third kappa shape index (κ3) is 4.86. The second-order valence-corrected chi connectivity index (χ2v) is 14.1. The molecule has 2 amide bonds. The minimum atomic E-state index is -3.38. The van der Waals surface area contributed by atoms with Gasteiger partial charge in [0, 0.05) is 42.4 Å². The first-order valence-electron chi connectivity index (χ1n) is 15.1. The first-order chi connectivity index (χ1) is 20.7. The van der Waals surface area contributed by atoms with E-state index in [2.05, 4.69) is 38.8 Å². The highest BCUT2D eigenvalue weighted by molar-refractivity contribution is 7.92. The topological polar surface area (TPSA) is 93.3 Å². The number of rotatable bonds is 8. The van der Waals surface area contributed by atoms with Gasteiger partial charge in [0.05, 0.1) is 18.3 Å². The molecule has 3 aromatic carbocycles. The largest absolute Gasteiger partial charge is 0.338 e. The molecule has 1 N–H and O–H groups in total. The number of hydrogen-bond donors (Lipinski definition) is 1. The quantitative estimate of drug-likeness (QED) is 0.418. The van der Waals surface area contributed by atoms with Crippen molar-refractivity contribution in [1.82, 2.24) is 4.90 Å². The van der Waals surface area contributed by atoms with Crippen LogP contribution in [-0.4, -0.2) is 69.8 Å². The molecule has 3 heterocycles. The maximum atomic E-state index is 14.2. The van der Waals surface area contributed by atoms with E-state index < -0.39 is 15.6 Å². The molecule has 1 saturated carbocycles. The lowest BCUT2D eigenvalue weighted by atomic mass is 9.85. The Bertz CT molecular complexity index is 1650. The molecule has 7 rings (SSSR count). The molecule has 2 saturated heterocycles. The standard InChI is InChI=1S/C33H37N5O4S/c1-43(41,42)34-25-12-14-26(15-13-25)37-24-38(27-8-3-2-4-9-27)33(31(37)40)18-22-35(23-19-33)20-7-21-36-29-11-6-5-10-28(29)32(16-17-32)30(36)39/h2-6,8-15,34H,7,16-24H2,1H3. The number of amides is 2. The van der Waals surface area contributed by atoms with E-state index in [9.17, 15) is 18.0 Å². The van der Waals surface area contributed by atoms with Crippen LogP contribution in [0.15, 0.2) is 78.9 Å². The fourth-order valence-corrected chi connectivity index (χ4v) is 7.84. The molecule has 10 heteroatoms. The summed E-state index contributed by atoms with van der Waals surface area (Å²) >= 11 is 0. The van der Waals surface area contributed by atoms with Crippen molar-refractivity contribution in [2.75, 3.05) is 58.5 Å². The Morgan fingerprint density at radius 1 is 0.767 bits per heavy atom. The van der Waals surface area contributed by atoms with E-state index in [1.807, 2.05) is 40.1 Å². The van der Waals surface area contributed by atoms with Gasteiger partial charge in [-0.1, -0.05) is 36.4 Å². The number of likely N-dealkylation sites (tertiary alicyclic amines) is 1. The SMILES string of the molecule is CS(=O)(=O)Nc1ccc(N2CN(c3ccccc3)C3(CCN(CCCN4C(=O)C5(CC5)c5ccccc54)CC3)C2=O)cc1. The molecule has 0 bridgehead atoms. The minimum absolute atomic E-state index is 0.0776. The molecular formula is C33H37N5O4S. The van der Waals surface area contributed by atoms with E-state index in [4.69, 9.17) is 0 Å². The van der Waals surface area contributed by atoms with E-state index in [0.29, 0.717) is 31.7 Å². The highest BCUT2D eigenvalue weighted by Crippen LogP contribution is 2.57. The summed E-state index contributed by atoms with van der Waals surface area (Å²) in [5.74, 6) is 0.343. The van der Waals surface area contributed by atoms with E-state index in [1.54, 1.807) is 24.3 Å². The van der Waals surface area contributed by atoms with Crippen LogP contribution in [0.5, 0.6) is 0 Å². The van der Waals surface area contributed by atoms with Crippen LogP contribution in [0.2, 0.25) is 0 Å². The van der Waals surface area contributed by atoms with Gasteiger partial charge in [-0.05, 0) is 86.7 Å². The van der Waals surface area contributed by atoms with Crippen molar-refractivity contribution in [3.05, 3.63) is 84.4 Å². The van der Waals surface area contributed by atoms with Gasteiger partial charge in [-0.25, -0.2) is 8.42 Å². The minimum Gasteiger partial charge on any atom is -0.338 e. The average Bonchev–Trinajstić information content (AvgIpc) is 3.72. The van der Waals surface area contributed by atoms with Crippen molar-refractivity contribution in [3.63, 3.8) is 0 Å². The Balaban J connectivity index is 1.04. The number of piperidine rings is 1. The highest BCUT2D eigenvalue weighted by Gasteiger charge is 2.59. The number of anilines is 4. The van der Waals surface area contributed by atoms with Crippen molar-refractivity contribution in [2.24, 2.45) is 0 Å². The Morgan fingerprint density at radius 3 is 2.12 bits per heavy atom. The molecular weight excluding hydrogens is 562 g/mol. The van der Waals surface area contributed by atoms with Gasteiger partial charge in [-0.15, -0.1) is 0 Å². The Hall–Kier alpha value is -3.89. The smallest absolute Gasteiger partial charge is 0.254 e. The van der Waals surface area contributed by atoms with Crippen LogP contribution in [0.3, 0.4) is 0 Å². The number of carbonyl (C=O) groups excluding carboxylic acids is 2. The number of fused-ring (bicyclic) bond motifs is 2. The summed E-state index contributed by atoms with van der Waals surface area (Å²) in [5, 5.41) is 0. The van der Waals surface area contributed by atoms with Gasteiger partial charge in [-0.2, -0.15) is 0 Å². The van der Waals surface area contributed by atoms with E-state index in [0.717, 1.165) is 62.2 Å². The Morgan fingerprint density at radius 2 is 1.44 bits per heavy atom. The van der Waals surface area contributed by atoms with Crippen molar-refractivity contribution < 1.29 is 18.0 Å². The van der Waals surface area contributed by atoms with Gasteiger partial charge in [0.1, 0.15) is 5.54 Å². The summed E-state index contributed by atoms with van der Waals surface area (Å²) < 4.78 is 25.8. The van der Waals surface area contributed by atoms with E-state index >= 15 is 0 Å². The third-order valence-electron chi connectivity index (χ3n) is 9.65. The van der Waals surface area contributed by atoms with Gasteiger partial charge >= 0.3 is 0 Å². The molecule has 3 fully saturated rings. The van der Waals surface area contributed by atoms with Crippen LogP contribution in [-0.2, 0) is 25.0 Å². The Kier molecular flexibility index (Phi) is 6.74. The predicted octanol–water partition coefficient (Wildman–Crippen LogP) is 4.17. The maximum Gasteiger partial charge on any atom is 0.254 e. The van der Waals surface area contributed by atoms with Crippen LogP contribution in [0.4, 0.5) is 22.7 Å². The third-order valence-corrected chi connectivity index (χ3v) is 10.3. The van der Waals surface area contributed by atoms with Crippen molar-refractivity contribution in [1.29, 1.82) is 0 Å². The zero-order valence-corrected chi connectivity index (χ0v) is 25.2. The summed E-state index contributed by atoms with van der Waals surface area (Å²) in [6.07, 6.45) is 5.34. The predicted molar refractivity (Wildman–Crippen MR) is 169 cm³/mol. The molecule has 3 aliphatic heterocycles. The van der Waals surface area contributed by atoms with E-state index in [1.165, 1.54) is 5.56 Å². The zero-order valence-electron chi connectivity index (χ0n) is 24.4. The molecule has 4 aliphatic rings. The number of sulfonamides is 1. The summed E-state index contributed by atoms with van der Waals surface area (Å²) in [6, 6.07) is 25.3. The van der Waals surface area contributed by atoms with Gasteiger partial charge in [-0.3, -0.25) is 19.2 Å². The first kappa shape index (κ1) is 27.9. The zero-order chi connectivity index (χ0) is 29.8. The molecule has 1 aliphatic carbocycles. The number of nitrogens with zero attached hydrogens (tertiary/aromatic N) is 4. The lowest BCUT2D eigenvalue weighted by Gasteiger charge is -2.43. The molecule has 0 aromatic heterocycles. The maximum absolute atomic E-state index is 14.2. The molecule has 9 nitrogen and oxygen atoms in total. The molecule has 0 radical (unpaired) electrons. The van der Waals surface area contributed by atoms with Gasteiger partial charge < -0.3 is 14.7 Å². The van der Waals surface area contributed by atoms with Crippen molar-refractivity contribution in [2.45, 2.75) is 43.1 Å². The number of benzene rings is 3. The molecule has 2 spiro atoms. The second kappa shape index (κ2) is 10.4. The molecule has 43 heavy (non-hydrogen) atoms. The lowest BCUT2D eigenvalue weighted by Crippen LogP contribution is -2.56. The normalized spacial score (nSPS) is 20.7. The Labute approximate surface area is 253 Å².